The van der Waals surface area contributed by atoms with Crippen molar-refractivity contribution in [3.05, 3.63) is 71.8 Å². The van der Waals surface area contributed by atoms with Gasteiger partial charge in [-0.15, -0.1) is 0 Å². The lowest BCUT2D eigenvalue weighted by Gasteiger charge is -2.18. The molecule has 1 fully saturated rings. The van der Waals surface area contributed by atoms with Gasteiger partial charge in [0.1, 0.15) is 0 Å². The van der Waals surface area contributed by atoms with E-state index >= 15 is 0 Å². The molecule has 1 N–H and O–H groups in total. The molecule has 0 unspecified atom stereocenters. The lowest BCUT2D eigenvalue weighted by Crippen LogP contribution is -2.26. The Kier molecular flexibility index (Phi) is 5.87. The van der Waals surface area contributed by atoms with Crippen molar-refractivity contribution in [2.75, 3.05) is 0 Å². The maximum absolute atomic E-state index is 12.9. The van der Waals surface area contributed by atoms with Crippen LogP contribution in [-0.4, -0.2) is 11.6 Å². The minimum atomic E-state index is -0.224. The smallest absolute Gasteiger partial charge is 0.244 e. The number of amides is 1. The number of hydrazone groups is 1. The molecule has 0 radical (unpaired) electrons. The summed E-state index contributed by atoms with van der Waals surface area (Å²) in [4.78, 5) is 12.9. The molecular formula is C23H28N2O. The van der Waals surface area contributed by atoms with Crippen molar-refractivity contribution in [1.82, 2.24) is 5.43 Å². The summed E-state index contributed by atoms with van der Waals surface area (Å²) in [5.74, 6) is -0.0389. The van der Waals surface area contributed by atoms with Crippen LogP contribution in [-0.2, 0) is 10.2 Å². The van der Waals surface area contributed by atoms with Gasteiger partial charge in [0.15, 0.2) is 0 Å². The average Bonchev–Trinajstić information content (AvgIpc) is 3.45. The minimum Gasteiger partial charge on any atom is -0.273 e. The number of hydrogen-bond donors (Lipinski definition) is 1. The Morgan fingerprint density at radius 1 is 0.962 bits per heavy atom. The van der Waals surface area contributed by atoms with Crippen LogP contribution in [0.2, 0.25) is 0 Å². The second-order valence-electron chi connectivity index (χ2n) is 7.11. The number of carbonyl (C=O) groups is 1. The van der Waals surface area contributed by atoms with Crippen molar-refractivity contribution in [2.24, 2.45) is 11.0 Å². The van der Waals surface area contributed by atoms with Crippen LogP contribution in [0.25, 0.3) is 0 Å². The van der Waals surface area contributed by atoms with Crippen LogP contribution in [0.5, 0.6) is 0 Å². The Hall–Kier alpha value is -2.42. The molecule has 0 aromatic heterocycles. The number of hydrogen-bond acceptors (Lipinski definition) is 2. The summed E-state index contributed by atoms with van der Waals surface area (Å²) in [6, 6.07) is 20.7. The fourth-order valence-electron chi connectivity index (χ4n) is 3.88. The average molecular weight is 348 g/mol. The van der Waals surface area contributed by atoms with Crippen molar-refractivity contribution in [2.45, 2.75) is 51.4 Å². The second-order valence-corrected chi connectivity index (χ2v) is 7.11. The lowest BCUT2D eigenvalue weighted by atomic mass is 9.85. The van der Waals surface area contributed by atoms with Crippen molar-refractivity contribution in [3.63, 3.8) is 0 Å². The van der Waals surface area contributed by atoms with Crippen molar-refractivity contribution >= 4 is 11.6 Å². The van der Waals surface area contributed by atoms with Gasteiger partial charge in [-0.25, -0.2) is 5.43 Å². The quantitative estimate of drug-likeness (QED) is 0.525. The Balaban J connectivity index is 1.82. The third kappa shape index (κ3) is 3.72. The topological polar surface area (TPSA) is 41.5 Å². The van der Waals surface area contributed by atoms with Gasteiger partial charge in [-0.2, -0.15) is 5.10 Å². The fraction of sp³-hybridized carbons (Fsp3) is 0.391. The van der Waals surface area contributed by atoms with E-state index in [2.05, 4.69) is 48.6 Å². The van der Waals surface area contributed by atoms with Gasteiger partial charge in [0.25, 0.3) is 0 Å². The van der Waals surface area contributed by atoms with Crippen LogP contribution >= 0.6 is 0 Å². The summed E-state index contributed by atoms with van der Waals surface area (Å²) in [6.45, 7) is 4.29. The van der Waals surface area contributed by atoms with Gasteiger partial charge >= 0.3 is 0 Å². The molecule has 3 heteroatoms. The second kappa shape index (κ2) is 8.31. The summed E-state index contributed by atoms with van der Waals surface area (Å²) < 4.78 is 0. The SMILES string of the molecule is CCCC(CCC)=NNC(=O)[C@H]1CC1(c1ccccc1)c1ccccc1. The number of benzene rings is 2. The molecule has 26 heavy (non-hydrogen) atoms. The van der Waals surface area contributed by atoms with Gasteiger partial charge in [-0.1, -0.05) is 87.4 Å². The van der Waals surface area contributed by atoms with E-state index in [0.29, 0.717) is 0 Å². The van der Waals surface area contributed by atoms with Gasteiger partial charge in [-0.3, -0.25) is 4.79 Å². The van der Waals surface area contributed by atoms with Crippen LogP contribution in [0.1, 0.15) is 57.1 Å². The first-order valence-electron chi connectivity index (χ1n) is 9.68. The number of carbonyl (C=O) groups excluding carboxylic acids is 1. The van der Waals surface area contributed by atoms with Crippen molar-refractivity contribution in [1.29, 1.82) is 0 Å². The Morgan fingerprint density at radius 3 is 1.92 bits per heavy atom. The van der Waals surface area contributed by atoms with Gasteiger partial charge in [-0.05, 0) is 30.4 Å². The molecular weight excluding hydrogens is 320 g/mol. The monoisotopic (exact) mass is 348 g/mol. The van der Waals surface area contributed by atoms with E-state index in [-0.39, 0.29) is 17.2 Å². The van der Waals surface area contributed by atoms with E-state index in [4.69, 9.17) is 0 Å². The predicted octanol–water partition coefficient (Wildman–Crippen LogP) is 5.07. The molecule has 136 valence electrons. The Bertz CT molecular complexity index is 705. The molecule has 1 amide bonds. The zero-order chi connectivity index (χ0) is 18.4. The molecule has 0 saturated heterocycles. The zero-order valence-corrected chi connectivity index (χ0v) is 15.7. The van der Waals surface area contributed by atoms with E-state index in [0.717, 1.165) is 37.8 Å². The first-order chi connectivity index (χ1) is 12.7. The molecule has 0 aliphatic heterocycles. The summed E-state index contributed by atoms with van der Waals surface area (Å²) in [5.41, 5.74) is 6.14. The zero-order valence-electron chi connectivity index (χ0n) is 15.7. The number of nitrogens with zero attached hydrogens (tertiary/aromatic N) is 1. The van der Waals surface area contributed by atoms with E-state index in [1.54, 1.807) is 0 Å². The van der Waals surface area contributed by atoms with Crippen LogP contribution in [0.15, 0.2) is 65.8 Å². The van der Waals surface area contributed by atoms with E-state index < -0.39 is 0 Å². The van der Waals surface area contributed by atoms with Gasteiger partial charge in [0.05, 0.1) is 5.92 Å². The highest BCUT2D eigenvalue weighted by Gasteiger charge is 2.60. The van der Waals surface area contributed by atoms with Gasteiger partial charge < -0.3 is 0 Å². The van der Waals surface area contributed by atoms with Crippen LogP contribution in [0.3, 0.4) is 0 Å². The first-order valence-corrected chi connectivity index (χ1v) is 9.68. The summed E-state index contributed by atoms with van der Waals surface area (Å²) >= 11 is 0. The van der Waals surface area contributed by atoms with Crippen LogP contribution in [0, 0.1) is 5.92 Å². The molecule has 1 aliphatic rings. The van der Waals surface area contributed by atoms with Crippen molar-refractivity contribution in [3.8, 4) is 0 Å². The number of nitrogens with one attached hydrogen (secondary N) is 1. The Labute approximate surface area is 156 Å². The lowest BCUT2D eigenvalue weighted by molar-refractivity contribution is -0.122. The van der Waals surface area contributed by atoms with Crippen LogP contribution < -0.4 is 5.43 Å². The predicted molar refractivity (Wildman–Crippen MR) is 107 cm³/mol. The van der Waals surface area contributed by atoms with Gasteiger partial charge in [0, 0.05) is 11.1 Å². The third-order valence-corrected chi connectivity index (χ3v) is 5.26. The molecule has 2 aromatic rings. The summed E-state index contributed by atoms with van der Waals surface area (Å²) in [6.07, 6.45) is 4.83. The highest BCUT2D eigenvalue weighted by Crippen LogP contribution is 2.58. The molecule has 2 aromatic carbocycles. The summed E-state index contributed by atoms with van der Waals surface area (Å²) in [7, 11) is 0. The number of rotatable bonds is 8. The highest BCUT2D eigenvalue weighted by molar-refractivity contribution is 5.89. The fourth-order valence-corrected chi connectivity index (χ4v) is 3.88. The summed E-state index contributed by atoms with van der Waals surface area (Å²) in [5, 5.41) is 4.43. The Morgan fingerprint density at radius 2 is 1.46 bits per heavy atom. The molecule has 0 heterocycles. The maximum Gasteiger partial charge on any atom is 0.244 e. The minimum absolute atomic E-state index is 0.0300. The molecule has 3 nitrogen and oxygen atoms in total. The normalized spacial score (nSPS) is 17.4. The molecule has 1 aliphatic carbocycles. The van der Waals surface area contributed by atoms with E-state index in [1.807, 2.05) is 36.4 Å². The van der Waals surface area contributed by atoms with E-state index in [9.17, 15) is 4.79 Å². The van der Waals surface area contributed by atoms with Crippen molar-refractivity contribution < 1.29 is 4.79 Å². The standard InChI is InChI=1S/C23H28N2O/c1-3-11-20(12-4-2)24-25-22(26)21-17-23(21,18-13-7-5-8-14-18)19-15-9-6-10-16-19/h5-10,13-16,21H,3-4,11-12,17H2,1-2H3,(H,25,26)/t21-/m1/s1. The molecule has 0 spiro atoms. The largest absolute Gasteiger partial charge is 0.273 e. The first kappa shape index (κ1) is 18.4. The molecule has 3 rings (SSSR count). The van der Waals surface area contributed by atoms with Crippen LogP contribution in [0.4, 0.5) is 0 Å². The van der Waals surface area contributed by atoms with E-state index in [1.165, 1.54) is 11.1 Å². The van der Waals surface area contributed by atoms with Gasteiger partial charge in [0.2, 0.25) is 5.91 Å². The highest BCUT2D eigenvalue weighted by atomic mass is 16.2. The molecule has 1 atom stereocenters. The molecule has 1 saturated carbocycles. The maximum atomic E-state index is 12.9. The third-order valence-electron chi connectivity index (χ3n) is 5.26. The molecule has 0 bridgehead atoms.